The van der Waals surface area contributed by atoms with Crippen LogP contribution in [0.3, 0.4) is 0 Å². The van der Waals surface area contributed by atoms with E-state index in [1.807, 2.05) is 18.2 Å². The van der Waals surface area contributed by atoms with Crippen molar-refractivity contribution in [3.8, 4) is 0 Å². The second kappa shape index (κ2) is 5.03. The minimum absolute atomic E-state index is 0.707. The number of nitrogens with one attached hydrogen (secondary N) is 1. The van der Waals surface area contributed by atoms with Crippen LogP contribution in [0.15, 0.2) is 54.6 Å². The fourth-order valence-electron chi connectivity index (χ4n) is 2.40. The summed E-state index contributed by atoms with van der Waals surface area (Å²) in [6.07, 6.45) is 1.28. The molecule has 1 saturated carbocycles. The highest BCUT2D eigenvalue weighted by Gasteiger charge is 2.37. The molecule has 2 atom stereocenters. The van der Waals surface area contributed by atoms with E-state index in [1.165, 1.54) is 17.7 Å². The summed E-state index contributed by atoms with van der Waals surface area (Å²) in [7, 11) is 0. The van der Waals surface area contributed by atoms with Crippen LogP contribution in [0.1, 0.15) is 17.9 Å². The van der Waals surface area contributed by atoms with Crippen LogP contribution < -0.4 is 5.32 Å². The lowest BCUT2D eigenvalue weighted by Crippen LogP contribution is -2.04. The number of hydrogen-bond donors (Lipinski definition) is 1. The number of anilines is 1. The van der Waals surface area contributed by atoms with E-state index in [1.54, 1.807) is 0 Å². The summed E-state index contributed by atoms with van der Waals surface area (Å²) in [6, 6.07) is 18.6. The molecular formula is C16H16ClN. The molecule has 18 heavy (non-hydrogen) atoms. The Morgan fingerprint density at radius 1 is 1.00 bits per heavy atom. The zero-order valence-electron chi connectivity index (χ0n) is 10.1. The van der Waals surface area contributed by atoms with Gasteiger partial charge in [-0.2, -0.15) is 0 Å². The van der Waals surface area contributed by atoms with Crippen LogP contribution in [0, 0.1) is 5.92 Å². The Morgan fingerprint density at radius 2 is 1.72 bits per heavy atom. The van der Waals surface area contributed by atoms with Gasteiger partial charge in [-0.3, -0.25) is 0 Å². The molecule has 0 aromatic heterocycles. The highest BCUT2D eigenvalue weighted by Crippen LogP contribution is 2.47. The van der Waals surface area contributed by atoms with Crippen LogP contribution in [0.25, 0.3) is 0 Å². The number of benzene rings is 2. The van der Waals surface area contributed by atoms with Crippen molar-refractivity contribution in [1.29, 1.82) is 0 Å². The van der Waals surface area contributed by atoms with Crippen LogP contribution in [0.2, 0.25) is 5.02 Å². The van der Waals surface area contributed by atoms with E-state index in [0.717, 1.165) is 17.5 Å². The molecule has 0 bridgehead atoms. The average Bonchev–Trinajstić information content (AvgIpc) is 3.18. The molecule has 2 heteroatoms. The molecule has 3 rings (SSSR count). The standard InChI is InChI=1S/C16H16ClN/c17-14-8-6-12(7-9-14)16-10-13(16)11-18-15-4-2-1-3-5-15/h1-9,13,16,18H,10-11H2. The predicted molar refractivity (Wildman–Crippen MR) is 77.2 cm³/mol. The molecule has 2 aromatic rings. The van der Waals surface area contributed by atoms with Crippen molar-refractivity contribution < 1.29 is 0 Å². The lowest BCUT2D eigenvalue weighted by Gasteiger charge is -2.05. The summed E-state index contributed by atoms with van der Waals surface area (Å²) >= 11 is 5.90. The van der Waals surface area contributed by atoms with E-state index in [-0.39, 0.29) is 0 Å². The highest BCUT2D eigenvalue weighted by atomic mass is 35.5. The van der Waals surface area contributed by atoms with E-state index < -0.39 is 0 Å². The predicted octanol–water partition coefficient (Wildman–Crippen LogP) is 4.56. The van der Waals surface area contributed by atoms with E-state index in [0.29, 0.717) is 5.92 Å². The molecule has 1 aliphatic rings. The van der Waals surface area contributed by atoms with Crippen LogP contribution in [0.4, 0.5) is 5.69 Å². The average molecular weight is 258 g/mol. The van der Waals surface area contributed by atoms with E-state index in [2.05, 4.69) is 41.7 Å². The van der Waals surface area contributed by atoms with Crippen LogP contribution in [0.5, 0.6) is 0 Å². The van der Waals surface area contributed by atoms with Gasteiger partial charge in [-0.25, -0.2) is 0 Å². The van der Waals surface area contributed by atoms with Gasteiger partial charge in [-0.15, -0.1) is 0 Å². The Kier molecular flexibility index (Phi) is 3.24. The van der Waals surface area contributed by atoms with Crippen LogP contribution in [-0.4, -0.2) is 6.54 Å². The molecule has 0 spiro atoms. The van der Waals surface area contributed by atoms with E-state index >= 15 is 0 Å². The summed E-state index contributed by atoms with van der Waals surface area (Å²) in [4.78, 5) is 0. The second-order valence-electron chi connectivity index (χ2n) is 4.90. The number of halogens is 1. The van der Waals surface area contributed by atoms with Gasteiger partial charge in [0, 0.05) is 17.3 Å². The molecule has 0 aliphatic heterocycles. The maximum absolute atomic E-state index is 5.90. The maximum Gasteiger partial charge on any atom is 0.0406 e. The summed E-state index contributed by atoms with van der Waals surface area (Å²) in [5, 5.41) is 4.31. The lowest BCUT2D eigenvalue weighted by molar-refractivity contribution is 0.844. The molecule has 92 valence electrons. The molecule has 0 radical (unpaired) electrons. The van der Waals surface area contributed by atoms with Crippen molar-refractivity contribution in [3.05, 3.63) is 65.2 Å². The fraction of sp³-hybridized carbons (Fsp3) is 0.250. The van der Waals surface area contributed by atoms with Gasteiger partial charge < -0.3 is 5.32 Å². The molecule has 1 fully saturated rings. The van der Waals surface area contributed by atoms with E-state index in [4.69, 9.17) is 11.6 Å². The van der Waals surface area contributed by atoms with Gasteiger partial charge in [0.2, 0.25) is 0 Å². The Bertz CT molecular complexity index is 506. The van der Waals surface area contributed by atoms with Crippen molar-refractivity contribution >= 4 is 17.3 Å². The van der Waals surface area contributed by atoms with E-state index in [9.17, 15) is 0 Å². The molecule has 2 aromatic carbocycles. The van der Waals surface area contributed by atoms with Gasteiger partial charge in [0.05, 0.1) is 0 Å². The van der Waals surface area contributed by atoms with Crippen LogP contribution in [-0.2, 0) is 0 Å². The van der Waals surface area contributed by atoms with Gasteiger partial charge >= 0.3 is 0 Å². The first-order valence-corrected chi connectivity index (χ1v) is 6.75. The van der Waals surface area contributed by atoms with Crippen molar-refractivity contribution in [2.45, 2.75) is 12.3 Å². The molecule has 0 saturated heterocycles. The van der Waals surface area contributed by atoms with Gasteiger partial charge in [-0.05, 0) is 48.1 Å². The van der Waals surface area contributed by atoms with Crippen LogP contribution >= 0.6 is 11.6 Å². The third-order valence-electron chi connectivity index (χ3n) is 3.56. The second-order valence-corrected chi connectivity index (χ2v) is 5.34. The Labute approximate surface area is 113 Å². The molecule has 0 heterocycles. The van der Waals surface area contributed by atoms with Crippen molar-refractivity contribution in [2.24, 2.45) is 5.92 Å². The quantitative estimate of drug-likeness (QED) is 0.847. The Hall–Kier alpha value is -1.47. The van der Waals surface area contributed by atoms with Crippen molar-refractivity contribution in [3.63, 3.8) is 0 Å². The number of hydrogen-bond acceptors (Lipinski definition) is 1. The molecule has 1 nitrogen and oxygen atoms in total. The van der Waals surface area contributed by atoms with Gasteiger partial charge in [0.1, 0.15) is 0 Å². The zero-order chi connectivity index (χ0) is 12.4. The minimum atomic E-state index is 0.707. The topological polar surface area (TPSA) is 12.0 Å². The molecule has 1 aliphatic carbocycles. The summed E-state index contributed by atoms with van der Waals surface area (Å²) in [6.45, 7) is 1.05. The zero-order valence-corrected chi connectivity index (χ0v) is 10.9. The first-order valence-electron chi connectivity index (χ1n) is 6.37. The van der Waals surface area contributed by atoms with Crippen molar-refractivity contribution in [2.75, 3.05) is 11.9 Å². The van der Waals surface area contributed by atoms with Gasteiger partial charge in [0.25, 0.3) is 0 Å². The molecule has 2 unspecified atom stereocenters. The number of rotatable bonds is 4. The summed E-state index contributed by atoms with van der Waals surface area (Å²) < 4.78 is 0. The highest BCUT2D eigenvalue weighted by molar-refractivity contribution is 6.30. The molecule has 0 amide bonds. The van der Waals surface area contributed by atoms with Gasteiger partial charge in [0.15, 0.2) is 0 Å². The summed E-state index contributed by atoms with van der Waals surface area (Å²) in [5.74, 6) is 1.46. The molecule has 1 N–H and O–H groups in total. The first kappa shape index (κ1) is 11.6. The SMILES string of the molecule is Clc1ccc(C2CC2CNc2ccccc2)cc1. The smallest absolute Gasteiger partial charge is 0.0406 e. The Morgan fingerprint density at radius 3 is 2.44 bits per heavy atom. The maximum atomic E-state index is 5.90. The normalized spacial score (nSPS) is 21.6. The lowest BCUT2D eigenvalue weighted by atomic mass is 10.1. The molecular weight excluding hydrogens is 242 g/mol. The van der Waals surface area contributed by atoms with Crippen molar-refractivity contribution in [1.82, 2.24) is 0 Å². The summed E-state index contributed by atoms with van der Waals surface area (Å²) in [5.41, 5.74) is 2.62. The first-order chi connectivity index (χ1) is 8.83. The Balaban J connectivity index is 1.54. The largest absolute Gasteiger partial charge is 0.385 e. The monoisotopic (exact) mass is 257 g/mol. The van der Waals surface area contributed by atoms with Gasteiger partial charge in [-0.1, -0.05) is 41.9 Å². The third-order valence-corrected chi connectivity index (χ3v) is 3.81. The number of para-hydroxylation sites is 1. The minimum Gasteiger partial charge on any atom is -0.385 e. The third kappa shape index (κ3) is 2.68. The fourth-order valence-corrected chi connectivity index (χ4v) is 2.52.